The maximum Gasteiger partial charge on any atom is 0.277 e. The number of amides is 1. The lowest BCUT2D eigenvalue weighted by molar-refractivity contribution is 0.0572. The van der Waals surface area contributed by atoms with Crippen molar-refractivity contribution >= 4 is 5.91 Å². The van der Waals surface area contributed by atoms with E-state index in [1.807, 2.05) is 0 Å². The predicted molar refractivity (Wildman–Crippen MR) is 111 cm³/mol. The largest absolute Gasteiger partial charge is 0.502 e. The molecule has 1 N–H and O–H groups in total. The molecule has 2 aliphatic heterocycles. The van der Waals surface area contributed by atoms with E-state index in [2.05, 4.69) is 0 Å². The van der Waals surface area contributed by atoms with E-state index < -0.39 is 46.7 Å². The Hall–Kier alpha value is -3.95. The van der Waals surface area contributed by atoms with E-state index in [1.165, 1.54) is 41.0 Å². The van der Waals surface area contributed by atoms with E-state index in [9.17, 15) is 23.5 Å². The van der Waals surface area contributed by atoms with Crippen molar-refractivity contribution < 1.29 is 27.8 Å². The molecule has 2 atom stereocenters. The number of benzene rings is 2. The number of aromatic nitrogens is 1. The van der Waals surface area contributed by atoms with E-state index in [1.54, 1.807) is 11.1 Å². The fourth-order valence-electron chi connectivity index (χ4n) is 4.46. The highest BCUT2D eigenvalue weighted by molar-refractivity contribution is 5.96. The molecule has 10 heteroatoms. The second-order valence-corrected chi connectivity index (χ2v) is 7.86. The Morgan fingerprint density at radius 1 is 1.00 bits per heavy atom. The van der Waals surface area contributed by atoms with Crippen LogP contribution in [-0.4, -0.2) is 40.4 Å². The molecule has 0 bridgehead atoms. The first-order chi connectivity index (χ1) is 15.8. The van der Waals surface area contributed by atoms with Gasteiger partial charge in [-0.25, -0.2) is 13.2 Å². The predicted octanol–water partition coefficient (Wildman–Crippen LogP) is 2.89. The van der Waals surface area contributed by atoms with Gasteiger partial charge < -0.3 is 14.7 Å². The molecule has 1 aromatic heterocycles. The molecule has 2 aromatic carbocycles. The molecule has 0 saturated heterocycles. The van der Waals surface area contributed by atoms with E-state index in [4.69, 9.17) is 4.74 Å². The van der Waals surface area contributed by atoms with Gasteiger partial charge in [0.2, 0.25) is 5.43 Å². The molecule has 2 aliphatic rings. The fourth-order valence-corrected chi connectivity index (χ4v) is 4.46. The number of carbonyl (C=O) groups excluding carboxylic acids is 1. The van der Waals surface area contributed by atoms with Crippen LogP contribution < -0.4 is 15.2 Å². The second kappa shape index (κ2) is 7.58. The summed E-state index contributed by atoms with van der Waals surface area (Å²) in [7, 11) is 1.48. The van der Waals surface area contributed by atoms with E-state index in [-0.39, 0.29) is 35.6 Å². The van der Waals surface area contributed by atoms with Crippen LogP contribution in [0.15, 0.2) is 53.5 Å². The summed E-state index contributed by atoms with van der Waals surface area (Å²) in [6.07, 6.45) is 0.793. The van der Waals surface area contributed by atoms with Gasteiger partial charge in [0.1, 0.15) is 23.8 Å². The van der Waals surface area contributed by atoms with Gasteiger partial charge in [-0.3, -0.25) is 19.3 Å². The van der Waals surface area contributed by atoms with E-state index in [0.717, 1.165) is 18.2 Å². The Kier molecular flexibility index (Phi) is 4.80. The number of nitrogens with zero attached hydrogens (tertiary/aromatic N) is 3. The summed E-state index contributed by atoms with van der Waals surface area (Å²) in [5.41, 5.74) is -0.844. The monoisotopic (exact) mass is 457 g/mol. The minimum absolute atomic E-state index is 0.0203. The molecule has 33 heavy (non-hydrogen) atoms. The number of carbonyl (C=O) groups is 1. The van der Waals surface area contributed by atoms with Gasteiger partial charge >= 0.3 is 0 Å². The molecule has 0 saturated carbocycles. The standard InChI is InChI=1S/C23H18F3N3O4/c1-27-19-7-9-33-18-11-16(26)15(25)10-13(18)20(12-4-2-3-5-14(12)24)29(19)28-8-6-17(30)22(31)21(28)23(27)32/h2-6,8,10-11,19-20,31H,7,9H2,1H3/t19-,20+/m1/s1. The number of aromatic hydroxyl groups is 1. The summed E-state index contributed by atoms with van der Waals surface area (Å²) in [4.78, 5) is 26.4. The Balaban J connectivity index is 1.87. The number of halogens is 3. The van der Waals surface area contributed by atoms with Crippen molar-refractivity contribution in [2.75, 3.05) is 18.7 Å². The van der Waals surface area contributed by atoms with Crippen molar-refractivity contribution in [1.82, 2.24) is 9.58 Å². The van der Waals surface area contributed by atoms with Crippen LogP contribution in [0.1, 0.15) is 34.1 Å². The van der Waals surface area contributed by atoms with Crippen LogP contribution in [-0.2, 0) is 0 Å². The summed E-state index contributed by atoms with van der Waals surface area (Å²) >= 11 is 0. The van der Waals surface area contributed by atoms with Crippen LogP contribution >= 0.6 is 0 Å². The Morgan fingerprint density at radius 2 is 1.73 bits per heavy atom. The summed E-state index contributed by atoms with van der Waals surface area (Å²) in [6.45, 7) is 0.0440. The highest BCUT2D eigenvalue weighted by Crippen LogP contribution is 2.41. The van der Waals surface area contributed by atoms with Gasteiger partial charge in [0.15, 0.2) is 23.1 Å². The van der Waals surface area contributed by atoms with Crippen molar-refractivity contribution in [2.24, 2.45) is 0 Å². The molecule has 0 unspecified atom stereocenters. The lowest BCUT2D eigenvalue weighted by Gasteiger charge is -2.49. The number of fused-ring (bicyclic) bond motifs is 4. The molecule has 3 heterocycles. The van der Waals surface area contributed by atoms with Gasteiger partial charge in [0.25, 0.3) is 5.91 Å². The van der Waals surface area contributed by atoms with Crippen LogP contribution in [0, 0.1) is 17.5 Å². The molecule has 0 radical (unpaired) electrons. The Bertz CT molecular complexity index is 1340. The van der Waals surface area contributed by atoms with Crippen molar-refractivity contribution in [3.05, 3.63) is 93.2 Å². The highest BCUT2D eigenvalue weighted by Gasteiger charge is 2.44. The van der Waals surface area contributed by atoms with Gasteiger partial charge in [-0.1, -0.05) is 18.2 Å². The average Bonchev–Trinajstić information content (AvgIpc) is 2.78. The van der Waals surface area contributed by atoms with Gasteiger partial charge in [-0.15, -0.1) is 0 Å². The molecule has 0 spiro atoms. The number of rotatable bonds is 1. The SMILES string of the molecule is CN1C(=O)c2c(O)c(=O)ccn2N2[C@@H](c3ccccc3F)c3cc(F)c(F)cc3OCC[C@H]12. The van der Waals surface area contributed by atoms with Crippen LogP contribution in [0.3, 0.4) is 0 Å². The molecule has 3 aromatic rings. The van der Waals surface area contributed by atoms with Crippen molar-refractivity contribution in [1.29, 1.82) is 0 Å². The summed E-state index contributed by atoms with van der Waals surface area (Å²) in [6, 6.07) is 7.62. The van der Waals surface area contributed by atoms with Gasteiger partial charge in [0.05, 0.1) is 6.61 Å². The zero-order valence-corrected chi connectivity index (χ0v) is 17.3. The minimum Gasteiger partial charge on any atom is -0.502 e. The van der Waals surface area contributed by atoms with Gasteiger partial charge in [-0.05, 0) is 12.1 Å². The van der Waals surface area contributed by atoms with Crippen molar-refractivity contribution in [3.8, 4) is 11.5 Å². The number of hydrogen-bond donors (Lipinski definition) is 1. The zero-order valence-electron chi connectivity index (χ0n) is 17.3. The van der Waals surface area contributed by atoms with Crippen LogP contribution in [0.5, 0.6) is 11.5 Å². The summed E-state index contributed by atoms with van der Waals surface area (Å²) in [5.74, 6) is -4.25. The van der Waals surface area contributed by atoms with Crippen LogP contribution in [0.2, 0.25) is 0 Å². The lowest BCUT2D eigenvalue weighted by atomic mass is 9.94. The maximum absolute atomic E-state index is 15.1. The van der Waals surface area contributed by atoms with Crippen LogP contribution in [0.4, 0.5) is 13.2 Å². The Labute approximate surface area is 185 Å². The average molecular weight is 457 g/mol. The summed E-state index contributed by atoms with van der Waals surface area (Å²) in [5, 5.41) is 12.0. The first kappa shape index (κ1) is 20.9. The molecular weight excluding hydrogens is 439 g/mol. The molecule has 7 nitrogen and oxygen atoms in total. The Morgan fingerprint density at radius 3 is 2.48 bits per heavy atom. The van der Waals surface area contributed by atoms with E-state index in [0.29, 0.717) is 0 Å². The first-order valence-electron chi connectivity index (χ1n) is 10.2. The number of hydrogen-bond acceptors (Lipinski definition) is 5. The first-order valence-corrected chi connectivity index (χ1v) is 10.2. The number of ether oxygens (including phenoxy) is 1. The molecule has 170 valence electrons. The molecular formula is C23H18F3N3O4. The normalized spacial score (nSPS) is 19.7. The third-order valence-corrected chi connectivity index (χ3v) is 6.02. The second-order valence-electron chi connectivity index (χ2n) is 7.86. The summed E-state index contributed by atoms with van der Waals surface area (Å²) < 4.78 is 50.6. The third kappa shape index (κ3) is 3.12. The maximum atomic E-state index is 15.1. The smallest absolute Gasteiger partial charge is 0.277 e. The topological polar surface area (TPSA) is 75.0 Å². The van der Waals surface area contributed by atoms with Crippen molar-refractivity contribution in [3.63, 3.8) is 0 Å². The molecule has 1 amide bonds. The van der Waals surface area contributed by atoms with Gasteiger partial charge in [-0.2, -0.15) is 0 Å². The zero-order chi connectivity index (χ0) is 23.4. The third-order valence-electron chi connectivity index (χ3n) is 6.02. The minimum atomic E-state index is -1.15. The van der Waals surface area contributed by atoms with Crippen LogP contribution in [0.25, 0.3) is 0 Å². The molecule has 0 fully saturated rings. The molecule has 5 rings (SSSR count). The van der Waals surface area contributed by atoms with Gasteiger partial charge in [0, 0.05) is 42.9 Å². The highest BCUT2D eigenvalue weighted by atomic mass is 19.2. The van der Waals surface area contributed by atoms with Crippen molar-refractivity contribution in [2.45, 2.75) is 18.6 Å². The fraction of sp³-hybridized carbons (Fsp3) is 0.217. The molecule has 0 aliphatic carbocycles. The quantitative estimate of drug-likeness (QED) is 0.609. The number of pyridine rings is 1. The lowest BCUT2D eigenvalue weighted by Crippen LogP contribution is -2.62. The van der Waals surface area contributed by atoms with E-state index >= 15 is 4.39 Å².